The molecule has 0 aliphatic heterocycles. The number of nitrogens with one attached hydrogen (secondary N) is 1. The number of nitrogens with zero attached hydrogens (tertiary/aromatic N) is 1. The van der Waals surface area contributed by atoms with Crippen LogP contribution in [0, 0.1) is 18.3 Å². The van der Waals surface area contributed by atoms with Crippen LogP contribution in [-0.2, 0) is 9.53 Å². The quantitative estimate of drug-likeness (QED) is 0.880. The normalized spacial score (nSPS) is 11.2. The lowest BCUT2D eigenvalue weighted by molar-refractivity contribution is -0.123. The monoisotopic (exact) mass is 308 g/mol. The Morgan fingerprint density at radius 2 is 1.78 bits per heavy atom. The zero-order chi connectivity index (χ0) is 16.8. The molecule has 2 aromatic rings. The summed E-state index contributed by atoms with van der Waals surface area (Å²) in [5, 5.41) is 11.6. The molecule has 0 bridgehead atoms. The van der Waals surface area contributed by atoms with Gasteiger partial charge >= 0.3 is 5.97 Å². The molecule has 0 heterocycles. The number of carbonyl (C=O) groups excluding carboxylic acids is 2. The number of ether oxygens (including phenoxy) is 1. The molecule has 0 fully saturated rings. The number of nitriles is 1. The summed E-state index contributed by atoms with van der Waals surface area (Å²) in [4.78, 5) is 24.1. The molecule has 0 saturated carbocycles. The van der Waals surface area contributed by atoms with Gasteiger partial charge in [0.25, 0.3) is 5.91 Å². The lowest BCUT2D eigenvalue weighted by Crippen LogP contribution is -2.30. The van der Waals surface area contributed by atoms with Crippen molar-refractivity contribution in [3.05, 3.63) is 65.2 Å². The topological polar surface area (TPSA) is 79.2 Å². The molecule has 1 N–H and O–H groups in total. The molecule has 0 aliphatic rings. The highest BCUT2D eigenvalue weighted by atomic mass is 16.5. The van der Waals surface area contributed by atoms with Crippen LogP contribution in [-0.4, -0.2) is 18.0 Å². The second-order valence-electron chi connectivity index (χ2n) is 5.06. The van der Waals surface area contributed by atoms with Crippen molar-refractivity contribution in [2.45, 2.75) is 20.0 Å². The number of benzene rings is 2. The van der Waals surface area contributed by atoms with Crippen molar-refractivity contribution in [1.82, 2.24) is 0 Å². The van der Waals surface area contributed by atoms with Crippen LogP contribution in [0.25, 0.3) is 0 Å². The highest BCUT2D eigenvalue weighted by molar-refractivity contribution is 5.98. The number of esters is 1. The molecule has 0 radical (unpaired) electrons. The van der Waals surface area contributed by atoms with E-state index in [1.165, 1.54) is 6.92 Å². The molecule has 1 amide bonds. The molecule has 1 unspecified atom stereocenters. The summed E-state index contributed by atoms with van der Waals surface area (Å²) in [6.07, 6.45) is -0.976. The Bertz CT molecular complexity index is 761. The van der Waals surface area contributed by atoms with Gasteiger partial charge in [-0.3, -0.25) is 4.79 Å². The van der Waals surface area contributed by atoms with Crippen LogP contribution in [0.2, 0.25) is 0 Å². The van der Waals surface area contributed by atoms with E-state index in [9.17, 15) is 9.59 Å². The number of hydrogen-bond donors (Lipinski definition) is 1. The Kier molecular flexibility index (Phi) is 5.11. The number of amides is 1. The van der Waals surface area contributed by atoms with Crippen LogP contribution >= 0.6 is 0 Å². The van der Waals surface area contributed by atoms with Gasteiger partial charge in [0.05, 0.1) is 16.8 Å². The van der Waals surface area contributed by atoms with Gasteiger partial charge in [0.2, 0.25) is 0 Å². The Labute approximate surface area is 134 Å². The fourth-order valence-electron chi connectivity index (χ4n) is 1.90. The van der Waals surface area contributed by atoms with Crippen LogP contribution in [0.15, 0.2) is 48.5 Å². The molecule has 5 heteroatoms. The molecule has 0 aromatic heterocycles. The molecule has 2 aromatic carbocycles. The van der Waals surface area contributed by atoms with Gasteiger partial charge in [-0.25, -0.2) is 4.79 Å². The predicted molar refractivity (Wildman–Crippen MR) is 85.8 cm³/mol. The third kappa shape index (κ3) is 4.17. The summed E-state index contributed by atoms with van der Waals surface area (Å²) >= 11 is 0. The Morgan fingerprint density at radius 3 is 2.43 bits per heavy atom. The van der Waals surface area contributed by atoms with Gasteiger partial charge in [-0.2, -0.15) is 5.26 Å². The van der Waals surface area contributed by atoms with Gasteiger partial charge in [-0.15, -0.1) is 0 Å². The second-order valence-corrected chi connectivity index (χ2v) is 5.06. The lowest BCUT2D eigenvalue weighted by atomic mass is 10.1. The SMILES string of the molecule is Cc1ccc(C(=O)OC(C)C(=O)Nc2ccccc2C#N)cc1. The molecular formula is C18H16N2O3. The van der Waals surface area contributed by atoms with E-state index in [1.807, 2.05) is 13.0 Å². The molecule has 1 atom stereocenters. The number of rotatable bonds is 4. The standard InChI is InChI=1S/C18H16N2O3/c1-12-7-9-14(10-8-12)18(22)23-13(2)17(21)20-16-6-4-3-5-15(16)11-19/h3-10,13H,1-2H3,(H,20,21). The molecule has 0 spiro atoms. The summed E-state index contributed by atoms with van der Waals surface area (Å²) in [5.41, 5.74) is 2.14. The molecule has 5 nitrogen and oxygen atoms in total. The average Bonchev–Trinajstić information content (AvgIpc) is 2.55. The number of carbonyl (C=O) groups is 2. The minimum atomic E-state index is -0.976. The van der Waals surface area contributed by atoms with Gasteiger partial charge in [0, 0.05) is 0 Å². The predicted octanol–water partition coefficient (Wildman–Crippen LogP) is 3.05. The first-order chi connectivity index (χ1) is 11.0. The van der Waals surface area contributed by atoms with Gasteiger partial charge < -0.3 is 10.1 Å². The maximum atomic E-state index is 12.1. The zero-order valence-corrected chi connectivity index (χ0v) is 12.9. The maximum absolute atomic E-state index is 12.1. The van der Waals surface area contributed by atoms with Gasteiger partial charge in [0.15, 0.2) is 6.10 Å². The van der Waals surface area contributed by atoms with E-state index in [0.717, 1.165) is 5.56 Å². The van der Waals surface area contributed by atoms with E-state index in [4.69, 9.17) is 10.00 Å². The van der Waals surface area contributed by atoms with Crippen molar-refractivity contribution in [2.24, 2.45) is 0 Å². The second kappa shape index (κ2) is 7.23. The zero-order valence-electron chi connectivity index (χ0n) is 12.9. The minimum absolute atomic E-state index is 0.345. The Hall–Kier alpha value is -3.13. The average molecular weight is 308 g/mol. The van der Waals surface area contributed by atoms with E-state index in [0.29, 0.717) is 16.8 Å². The van der Waals surface area contributed by atoms with E-state index in [2.05, 4.69) is 5.32 Å². The van der Waals surface area contributed by atoms with Crippen molar-refractivity contribution in [3.63, 3.8) is 0 Å². The van der Waals surface area contributed by atoms with E-state index < -0.39 is 18.0 Å². The first kappa shape index (κ1) is 16.2. The molecule has 0 saturated heterocycles. The van der Waals surface area contributed by atoms with Crippen LogP contribution in [0.1, 0.15) is 28.4 Å². The number of hydrogen-bond acceptors (Lipinski definition) is 4. The third-order valence-corrected chi connectivity index (χ3v) is 3.25. The van der Waals surface area contributed by atoms with Crippen LogP contribution in [0.5, 0.6) is 0 Å². The largest absolute Gasteiger partial charge is 0.449 e. The summed E-state index contributed by atoms with van der Waals surface area (Å²) in [6.45, 7) is 3.40. The molecule has 2 rings (SSSR count). The number of aryl methyl sites for hydroxylation is 1. The third-order valence-electron chi connectivity index (χ3n) is 3.25. The Balaban J connectivity index is 2.01. The number of anilines is 1. The van der Waals surface area contributed by atoms with E-state index in [1.54, 1.807) is 48.5 Å². The molecule has 23 heavy (non-hydrogen) atoms. The van der Waals surface area contributed by atoms with Crippen LogP contribution < -0.4 is 5.32 Å². The summed E-state index contributed by atoms with van der Waals surface area (Å²) < 4.78 is 5.15. The first-order valence-electron chi connectivity index (χ1n) is 7.09. The van der Waals surface area contributed by atoms with Crippen molar-refractivity contribution in [2.75, 3.05) is 5.32 Å². The van der Waals surface area contributed by atoms with Crippen molar-refractivity contribution < 1.29 is 14.3 Å². The van der Waals surface area contributed by atoms with E-state index >= 15 is 0 Å². The van der Waals surface area contributed by atoms with Gasteiger partial charge in [-0.05, 0) is 38.1 Å². The summed E-state index contributed by atoms with van der Waals surface area (Å²) in [7, 11) is 0. The van der Waals surface area contributed by atoms with Crippen LogP contribution in [0.3, 0.4) is 0 Å². The summed E-state index contributed by atoms with van der Waals surface area (Å²) in [6, 6.07) is 15.5. The highest BCUT2D eigenvalue weighted by Crippen LogP contribution is 2.14. The van der Waals surface area contributed by atoms with Crippen molar-refractivity contribution in [3.8, 4) is 6.07 Å². The van der Waals surface area contributed by atoms with Crippen LogP contribution in [0.4, 0.5) is 5.69 Å². The maximum Gasteiger partial charge on any atom is 0.338 e. The van der Waals surface area contributed by atoms with E-state index in [-0.39, 0.29) is 0 Å². The molecule has 0 aliphatic carbocycles. The fourth-order valence-corrected chi connectivity index (χ4v) is 1.90. The van der Waals surface area contributed by atoms with Gasteiger partial charge in [-0.1, -0.05) is 29.8 Å². The first-order valence-corrected chi connectivity index (χ1v) is 7.09. The minimum Gasteiger partial charge on any atom is -0.449 e. The Morgan fingerprint density at radius 1 is 1.13 bits per heavy atom. The smallest absolute Gasteiger partial charge is 0.338 e. The fraction of sp³-hybridized carbons (Fsp3) is 0.167. The summed E-state index contributed by atoms with van der Waals surface area (Å²) in [5.74, 6) is -1.06. The number of para-hydroxylation sites is 1. The molecule has 116 valence electrons. The van der Waals surface area contributed by atoms with Crippen molar-refractivity contribution >= 4 is 17.6 Å². The van der Waals surface area contributed by atoms with Gasteiger partial charge in [0.1, 0.15) is 6.07 Å². The highest BCUT2D eigenvalue weighted by Gasteiger charge is 2.19. The molecular weight excluding hydrogens is 292 g/mol. The lowest BCUT2D eigenvalue weighted by Gasteiger charge is -2.14. The van der Waals surface area contributed by atoms with Crippen molar-refractivity contribution in [1.29, 1.82) is 5.26 Å².